The highest BCUT2D eigenvalue weighted by atomic mass is 35.5. The van der Waals surface area contributed by atoms with Crippen molar-refractivity contribution in [2.75, 3.05) is 17.6 Å². The van der Waals surface area contributed by atoms with E-state index in [0.717, 1.165) is 18.8 Å². The zero-order valence-corrected chi connectivity index (χ0v) is 9.48. The first-order valence-corrected chi connectivity index (χ1v) is 5.40. The van der Waals surface area contributed by atoms with E-state index in [1.807, 2.05) is 29.1 Å². The molecule has 0 unspecified atom stereocenters. The minimum absolute atomic E-state index is 0.648. The third kappa shape index (κ3) is 2.67. The summed E-state index contributed by atoms with van der Waals surface area (Å²) in [6, 6.07) is 7.32. The van der Waals surface area contributed by atoms with Gasteiger partial charge in [-0.1, -0.05) is 11.6 Å². The second kappa shape index (κ2) is 4.90. The molecule has 0 spiro atoms. The summed E-state index contributed by atoms with van der Waals surface area (Å²) in [5.74, 6) is 0. The van der Waals surface area contributed by atoms with Crippen molar-refractivity contribution in [2.24, 2.45) is 0 Å². The van der Waals surface area contributed by atoms with Crippen molar-refractivity contribution in [2.45, 2.75) is 6.54 Å². The van der Waals surface area contributed by atoms with Gasteiger partial charge in [0.25, 0.3) is 0 Å². The molecule has 5 heteroatoms. The number of benzene rings is 1. The summed E-state index contributed by atoms with van der Waals surface area (Å²) < 4.78 is 1.86. The Morgan fingerprint density at radius 2 is 2.31 bits per heavy atom. The predicted octanol–water partition coefficient (Wildman–Crippen LogP) is 2.23. The first kappa shape index (κ1) is 10.8. The first-order valence-electron chi connectivity index (χ1n) is 5.02. The molecule has 0 amide bonds. The van der Waals surface area contributed by atoms with Crippen molar-refractivity contribution in [1.82, 2.24) is 9.78 Å². The highest BCUT2D eigenvalue weighted by molar-refractivity contribution is 6.31. The summed E-state index contributed by atoms with van der Waals surface area (Å²) in [5.41, 5.74) is 7.37. The normalized spacial score (nSPS) is 10.3. The SMILES string of the molecule is Nc1cc(Cl)ccc1NCCn1cccn1. The van der Waals surface area contributed by atoms with Gasteiger partial charge in [-0.2, -0.15) is 5.10 Å². The van der Waals surface area contributed by atoms with Crippen LogP contribution in [0.15, 0.2) is 36.7 Å². The largest absolute Gasteiger partial charge is 0.397 e. The zero-order valence-electron chi connectivity index (χ0n) is 8.73. The summed E-state index contributed by atoms with van der Waals surface area (Å²) >= 11 is 5.81. The average Bonchev–Trinajstić information content (AvgIpc) is 2.74. The van der Waals surface area contributed by atoms with Crippen LogP contribution in [-0.2, 0) is 6.54 Å². The van der Waals surface area contributed by atoms with Crippen LogP contribution in [0.1, 0.15) is 0 Å². The van der Waals surface area contributed by atoms with Crippen LogP contribution in [0, 0.1) is 0 Å². The van der Waals surface area contributed by atoms with Crippen LogP contribution in [0.3, 0.4) is 0 Å². The molecule has 1 aromatic carbocycles. The van der Waals surface area contributed by atoms with Gasteiger partial charge >= 0.3 is 0 Å². The molecule has 0 saturated heterocycles. The molecule has 0 aliphatic rings. The standard InChI is InChI=1S/C11H13ClN4/c12-9-2-3-11(10(13)8-9)14-5-7-16-6-1-4-15-16/h1-4,6,8,14H,5,7,13H2. The molecule has 0 aliphatic heterocycles. The molecule has 4 nitrogen and oxygen atoms in total. The average molecular weight is 237 g/mol. The van der Waals surface area contributed by atoms with Crippen molar-refractivity contribution >= 4 is 23.0 Å². The maximum atomic E-state index is 5.81. The number of hydrogen-bond donors (Lipinski definition) is 2. The lowest BCUT2D eigenvalue weighted by Crippen LogP contribution is -2.11. The Kier molecular flexibility index (Phi) is 3.31. The molecule has 0 bridgehead atoms. The van der Waals surface area contributed by atoms with E-state index in [1.165, 1.54) is 0 Å². The van der Waals surface area contributed by atoms with Gasteiger partial charge in [0.15, 0.2) is 0 Å². The van der Waals surface area contributed by atoms with E-state index >= 15 is 0 Å². The fourth-order valence-electron chi connectivity index (χ4n) is 1.43. The zero-order chi connectivity index (χ0) is 11.4. The molecule has 0 fully saturated rings. The second-order valence-electron chi connectivity index (χ2n) is 3.43. The van der Waals surface area contributed by atoms with Crippen LogP contribution in [-0.4, -0.2) is 16.3 Å². The number of nitrogens with zero attached hydrogens (tertiary/aromatic N) is 2. The maximum absolute atomic E-state index is 5.81. The van der Waals surface area contributed by atoms with E-state index in [1.54, 1.807) is 12.3 Å². The van der Waals surface area contributed by atoms with E-state index < -0.39 is 0 Å². The van der Waals surface area contributed by atoms with Gasteiger partial charge in [-0.3, -0.25) is 4.68 Å². The third-order valence-electron chi connectivity index (χ3n) is 2.23. The Labute approximate surface area is 99.0 Å². The molecule has 1 aromatic heterocycles. The third-order valence-corrected chi connectivity index (χ3v) is 2.46. The Bertz CT molecular complexity index is 453. The molecule has 84 valence electrons. The summed E-state index contributed by atoms with van der Waals surface area (Å²) in [7, 11) is 0. The highest BCUT2D eigenvalue weighted by Gasteiger charge is 1.99. The molecule has 16 heavy (non-hydrogen) atoms. The Balaban J connectivity index is 1.90. The van der Waals surface area contributed by atoms with Gasteiger partial charge in [-0.15, -0.1) is 0 Å². The molecule has 0 aliphatic carbocycles. The molecule has 1 heterocycles. The summed E-state index contributed by atoms with van der Waals surface area (Å²) in [6.07, 6.45) is 3.68. The number of halogens is 1. The maximum Gasteiger partial charge on any atom is 0.0582 e. The lowest BCUT2D eigenvalue weighted by molar-refractivity contribution is 0.638. The lowest BCUT2D eigenvalue weighted by atomic mass is 10.2. The number of nitrogens with two attached hydrogens (primary N) is 1. The number of anilines is 2. The van der Waals surface area contributed by atoms with Crippen molar-refractivity contribution in [3.05, 3.63) is 41.7 Å². The Morgan fingerprint density at radius 1 is 1.44 bits per heavy atom. The van der Waals surface area contributed by atoms with Gasteiger partial charge in [-0.05, 0) is 24.3 Å². The van der Waals surface area contributed by atoms with Crippen molar-refractivity contribution in [3.8, 4) is 0 Å². The van der Waals surface area contributed by atoms with Gasteiger partial charge in [-0.25, -0.2) is 0 Å². The van der Waals surface area contributed by atoms with E-state index in [-0.39, 0.29) is 0 Å². The molecule has 3 N–H and O–H groups in total. The van der Waals surface area contributed by atoms with Gasteiger partial charge < -0.3 is 11.1 Å². The fourth-order valence-corrected chi connectivity index (χ4v) is 1.61. The molecular weight excluding hydrogens is 224 g/mol. The second-order valence-corrected chi connectivity index (χ2v) is 3.86. The minimum Gasteiger partial charge on any atom is -0.397 e. The van der Waals surface area contributed by atoms with Crippen LogP contribution in [0.5, 0.6) is 0 Å². The number of nitrogen functional groups attached to an aromatic ring is 1. The monoisotopic (exact) mass is 236 g/mol. The highest BCUT2D eigenvalue weighted by Crippen LogP contribution is 2.22. The van der Waals surface area contributed by atoms with E-state index in [2.05, 4.69) is 10.4 Å². The minimum atomic E-state index is 0.648. The summed E-state index contributed by atoms with van der Waals surface area (Å²) in [4.78, 5) is 0. The lowest BCUT2D eigenvalue weighted by Gasteiger charge is -2.09. The van der Waals surface area contributed by atoms with E-state index in [4.69, 9.17) is 17.3 Å². The van der Waals surface area contributed by atoms with Gasteiger partial charge in [0.1, 0.15) is 0 Å². The Hall–Kier alpha value is -1.68. The molecular formula is C11H13ClN4. The Morgan fingerprint density at radius 3 is 3.00 bits per heavy atom. The van der Waals surface area contributed by atoms with Crippen LogP contribution >= 0.6 is 11.6 Å². The first-order chi connectivity index (χ1) is 7.75. The topological polar surface area (TPSA) is 55.9 Å². The van der Waals surface area contributed by atoms with Crippen LogP contribution < -0.4 is 11.1 Å². The number of rotatable bonds is 4. The smallest absolute Gasteiger partial charge is 0.0582 e. The van der Waals surface area contributed by atoms with Gasteiger partial charge in [0.2, 0.25) is 0 Å². The molecule has 0 radical (unpaired) electrons. The predicted molar refractivity (Wildman–Crippen MR) is 66.6 cm³/mol. The number of nitrogens with one attached hydrogen (secondary N) is 1. The summed E-state index contributed by atoms with van der Waals surface area (Å²) in [6.45, 7) is 1.57. The van der Waals surface area contributed by atoms with Crippen LogP contribution in [0.4, 0.5) is 11.4 Å². The molecule has 0 saturated carbocycles. The van der Waals surface area contributed by atoms with Crippen molar-refractivity contribution in [3.63, 3.8) is 0 Å². The van der Waals surface area contributed by atoms with Crippen LogP contribution in [0.2, 0.25) is 5.02 Å². The van der Waals surface area contributed by atoms with Gasteiger partial charge in [0, 0.05) is 24.0 Å². The van der Waals surface area contributed by atoms with Crippen molar-refractivity contribution < 1.29 is 0 Å². The quantitative estimate of drug-likeness (QED) is 0.801. The van der Waals surface area contributed by atoms with Crippen molar-refractivity contribution in [1.29, 1.82) is 0 Å². The molecule has 2 rings (SSSR count). The summed E-state index contributed by atoms with van der Waals surface area (Å²) in [5, 5.41) is 7.99. The van der Waals surface area contributed by atoms with E-state index in [0.29, 0.717) is 10.7 Å². The van der Waals surface area contributed by atoms with Crippen LogP contribution in [0.25, 0.3) is 0 Å². The molecule has 2 aromatic rings. The fraction of sp³-hybridized carbons (Fsp3) is 0.182. The molecule has 0 atom stereocenters. The van der Waals surface area contributed by atoms with Gasteiger partial charge in [0.05, 0.1) is 17.9 Å². The van der Waals surface area contributed by atoms with E-state index in [9.17, 15) is 0 Å². The number of hydrogen-bond acceptors (Lipinski definition) is 3. The number of aromatic nitrogens is 2.